The van der Waals surface area contributed by atoms with Gasteiger partial charge in [0, 0.05) is 26.2 Å². The molecule has 1 aromatic carbocycles. The predicted octanol–water partition coefficient (Wildman–Crippen LogP) is 2.94. The molecule has 0 saturated carbocycles. The Balaban J connectivity index is 1.84. The van der Waals surface area contributed by atoms with E-state index in [-0.39, 0.29) is 0 Å². The highest BCUT2D eigenvalue weighted by Gasteiger charge is 2.20. The molecule has 0 radical (unpaired) electrons. The van der Waals surface area contributed by atoms with Gasteiger partial charge >= 0.3 is 0 Å². The van der Waals surface area contributed by atoms with Gasteiger partial charge in [-0.25, -0.2) is 0 Å². The maximum absolute atomic E-state index is 5.88. The molecular formula is C18H30N2O. The van der Waals surface area contributed by atoms with Crippen molar-refractivity contribution in [3.05, 3.63) is 34.4 Å². The van der Waals surface area contributed by atoms with E-state index >= 15 is 0 Å². The first kappa shape index (κ1) is 16.5. The summed E-state index contributed by atoms with van der Waals surface area (Å²) in [5.74, 6) is 0. The lowest BCUT2D eigenvalue weighted by Gasteiger charge is -2.32. The third-order valence-corrected chi connectivity index (χ3v) is 4.46. The number of hydrogen-bond acceptors (Lipinski definition) is 3. The molecule has 1 aliphatic rings. The molecule has 1 aromatic rings. The second-order valence-electron chi connectivity index (χ2n) is 6.37. The number of hydrogen-bond donors (Lipinski definition) is 1. The van der Waals surface area contributed by atoms with E-state index in [1.54, 1.807) is 0 Å². The first-order valence-corrected chi connectivity index (χ1v) is 8.21. The van der Waals surface area contributed by atoms with E-state index in [1.165, 1.54) is 22.3 Å². The van der Waals surface area contributed by atoms with Gasteiger partial charge in [0.15, 0.2) is 0 Å². The summed E-state index contributed by atoms with van der Waals surface area (Å²) in [4.78, 5) is 2.56. The first-order valence-electron chi connectivity index (χ1n) is 8.21. The van der Waals surface area contributed by atoms with Crippen molar-refractivity contribution in [2.75, 3.05) is 26.2 Å². The second kappa shape index (κ2) is 7.92. The number of nitrogens with zero attached hydrogens (tertiary/aromatic N) is 1. The molecule has 1 fully saturated rings. The summed E-state index contributed by atoms with van der Waals surface area (Å²) >= 11 is 0. The van der Waals surface area contributed by atoms with Crippen molar-refractivity contribution < 1.29 is 4.74 Å². The molecule has 0 unspecified atom stereocenters. The fourth-order valence-corrected chi connectivity index (χ4v) is 3.25. The molecule has 118 valence electrons. The topological polar surface area (TPSA) is 38.5 Å². The minimum Gasteiger partial charge on any atom is -0.378 e. The van der Waals surface area contributed by atoms with Gasteiger partial charge in [0.25, 0.3) is 0 Å². The Labute approximate surface area is 129 Å². The number of benzene rings is 1. The monoisotopic (exact) mass is 290 g/mol. The van der Waals surface area contributed by atoms with E-state index in [9.17, 15) is 0 Å². The maximum Gasteiger partial charge on any atom is 0.0599 e. The molecule has 1 aliphatic heterocycles. The Hall–Kier alpha value is -0.900. The van der Waals surface area contributed by atoms with Crippen molar-refractivity contribution in [3.8, 4) is 0 Å². The Bertz CT molecular complexity index is 428. The molecule has 0 aliphatic carbocycles. The highest BCUT2D eigenvalue weighted by atomic mass is 16.5. The number of nitrogens with two attached hydrogens (primary N) is 1. The largest absolute Gasteiger partial charge is 0.378 e. The molecule has 1 saturated heterocycles. The van der Waals surface area contributed by atoms with E-state index in [0.717, 1.165) is 52.0 Å². The van der Waals surface area contributed by atoms with Crippen LogP contribution in [0.4, 0.5) is 0 Å². The van der Waals surface area contributed by atoms with Crippen molar-refractivity contribution in [1.29, 1.82) is 0 Å². The van der Waals surface area contributed by atoms with Crippen LogP contribution in [0.1, 0.15) is 41.5 Å². The molecule has 1 heterocycles. The van der Waals surface area contributed by atoms with Gasteiger partial charge in [-0.05, 0) is 63.3 Å². The molecule has 21 heavy (non-hydrogen) atoms. The van der Waals surface area contributed by atoms with Crippen LogP contribution in [0.2, 0.25) is 0 Å². The Morgan fingerprint density at radius 1 is 1.14 bits per heavy atom. The zero-order valence-corrected chi connectivity index (χ0v) is 13.8. The lowest BCUT2D eigenvalue weighted by Crippen LogP contribution is -2.37. The van der Waals surface area contributed by atoms with Crippen molar-refractivity contribution in [1.82, 2.24) is 4.90 Å². The van der Waals surface area contributed by atoms with Crippen LogP contribution >= 0.6 is 0 Å². The number of rotatable bonds is 6. The first-order chi connectivity index (χ1) is 10.1. The molecule has 2 N–H and O–H groups in total. The van der Waals surface area contributed by atoms with Crippen LogP contribution in [-0.4, -0.2) is 37.2 Å². The fourth-order valence-electron chi connectivity index (χ4n) is 3.25. The van der Waals surface area contributed by atoms with Gasteiger partial charge in [0.05, 0.1) is 6.10 Å². The van der Waals surface area contributed by atoms with Crippen molar-refractivity contribution >= 4 is 0 Å². The van der Waals surface area contributed by atoms with Crippen LogP contribution in [-0.2, 0) is 11.3 Å². The predicted molar refractivity (Wildman–Crippen MR) is 88.6 cm³/mol. The van der Waals surface area contributed by atoms with Crippen LogP contribution in [0.3, 0.4) is 0 Å². The summed E-state index contributed by atoms with van der Waals surface area (Å²) in [5, 5.41) is 0. The fraction of sp³-hybridized carbons (Fsp3) is 0.667. The van der Waals surface area contributed by atoms with Gasteiger partial charge in [0.1, 0.15) is 0 Å². The van der Waals surface area contributed by atoms with Gasteiger partial charge in [0.2, 0.25) is 0 Å². The SMILES string of the molecule is Cc1cc(C)c(CN2CCC(OCCCN)CC2)c(C)c1. The minimum atomic E-state index is 0.438. The molecule has 3 heteroatoms. The Kier molecular flexibility index (Phi) is 6.22. The average Bonchev–Trinajstić information content (AvgIpc) is 2.44. The zero-order chi connectivity index (χ0) is 15.2. The Morgan fingerprint density at radius 3 is 2.33 bits per heavy atom. The highest BCUT2D eigenvalue weighted by molar-refractivity contribution is 5.37. The molecular weight excluding hydrogens is 260 g/mol. The van der Waals surface area contributed by atoms with Crippen LogP contribution in [0, 0.1) is 20.8 Å². The number of aryl methyl sites for hydroxylation is 3. The van der Waals surface area contributed by atoms with E-state index < -0.39 is 0 Å². The summed E-state index contributed by atoms with van der Waals surface area (Å²) in [6, 6.07) is 4.59. The smallest absolute Gasteiger partial charge is 0.0599 e. The summed E-state index contributed by atoms with van der Waals surface area (Å²) in [6.07, 6.45) is 3.71. The standard InChI is InChI=1S/C18H30N2O/c1-14-11-15(2)18(16(3)12-14)13-20-8-5-17(6-9-20)21-10-4-7-19/h11-12,17H,4-10,13,19H2,1-3H3. The Morgan fingerprint density at radius 2 is 1.76 bits per heavy atom. The van der Waals surface area contributed by atoms with Crippen molar-refractivity contribution in [3.63, 3.8) is 0 Å². The van der Waals surface area contributed by atoms with Crippen molar-refractivity contribution in [2.24, 2.45) is 5.73 Å². The molecule has 0 bridgehead atoms. The van der Waals surface area contributed by atoms with E-state index in [0.29, 0.717) is 6.10 Å². The van der Waals surface area contributed by atoms with E-state index in [1.807, 2.05) is 0 Å². The summed E-state index contributed by atoms with van der Waals surface area (Å²) < 4.78 is 5.88. The number of piperidine rings is 1. The van der Waals surface area contributed by atoms with E-state index in [4.69, 9.17) is 10.5 Å². The number of ether oxygens (including phenoxy) is 1. The lowest BCUT2D eigenvalue weighted by molar-refractivity contribution is 0.00557. The van der Waals surface area contributed by atoms with Crippen LogP contribution in [0.5, 0.6) is 0 Å². The lowest BCUT2D eigenvalue weighted by atomic mass is 9.98. The van der Waals surface area contributed by atoms with Gasteiger partial charge in [-0.1, -0.05) is 17.7 Å². The molecule has 0 aromatic heterocycles. The highest BCUT2D eigenvalue weighted by Crippen LogP contribution is 2.21. The van der Waals surface area contributed by atoms with Crippen LogP contribution < -0.4 is 5.73 Å². The number of likely N-dealkylation sites (tertiary alicyclic amines) is 1. The van der Waals surface area contributed by atoms with Gasteiger partial charge < -0.3 is 10.5 Å². The normalized spacial score (nSPS) is 17.3. The molecule has 0 amide bonds. The van der Waals surface area contributed by atoms with Gasteiger partial charge in [-0.15, -0.1) is 0 Å². The third-order valence-electron chi connectivity index (χ3n) is 4.46. The summed E-state index contributed by atoms with van der Waals surface area (Å²) in [6.45, 7) is 11.5. The van der Waals surface area contributed by atoms with Crippen LogP contribution in [0.15, 0.2) is 12.1 Å². The van der Waals surface area contributed by atoms with Gasteiger partial charge in [-0.2, -0.15) is 0 Å². The third kappa shape index (κ3) is 4.80. The molecule has 2 rings (SSSR count). The van der Waals surface area contributed by atoms with Crippen molar-refractivity contribution in [2.45, 2.75) is 52.7 Å². The molecule has 3 nitrogen and oxygen atoms in total. The summed E-state index contributed by atoms with van der Waals surface area (Å²) in [5.41, 5.74) is 11.2. The molecule has 0 spiro atoms. The molecule has 0 atom stereocenters. The maximum atomic E-state index is 5.88. The quantitative estimate of drug-likeness (QED) is 0.819. The average molecular weight is 290 g/mol. The zero-order valence-electron chi connectivity index (χ0n) is 13.8. The summed E-state index contributed by atoms with van der Waals surface area (Å²) in [7, 11) is 0. The van der Waals surface area contributed by atoms with Gasteiger partial charge in [-0.3, -0.25) is 4.90 Å². The minimum absolute atomic E-state index is 0.438. The van der Waals surface area contributed by atoms with Crippen LogP contribution in [0.25, 0.3) is 0 Å². The van der Waals surface area contributed by atoms with E-state index in [2.05, 4.69) is 37.8 Å². The second-order valence-corrected chi connectivity index (χ2v) is 6.37.